The number of aryl methyl sites for hydroxylation is 1. The number of fused-ring (bicyclic) bond motifs is 1. The summed E-state index contributed by atoms with van der Waals surface area (Å²) < 4.78 is 43.2. The second kappa shape index (κ2) is 7.55. The van der Waals surface area contributed by atoms with Crippen LogP contribution >= 0.6 is 11.6 Å². The number of hydrogen-bond donors (Lipinski definition) is 1. The zero-order chi connectivity index (χ0) is 21.5. The quantitative estimate of drug-likeness (QED) is 0.510. The summed E-state index contributed by atoms with van der Waals surface area (Å²) in [7, 11) is -4.09. The van der Waals surface area contributed by atoms with Crippen molar-refractivity contribution in [2.45, 2.75) is 11.8 Å². The molecule has 0 aliphatic heterocycles. The highest BCUT2D eigenvalue weighted by Gasteiger charge is 2.18. The average molecular weight is 444 g/mol. The van der Waals surface area contributed by atoms with Crippen molar-refractivity contribution in [2.75, 3.05) is 4.72 Å². The molecule has 0 amide bonds. The zero-order valence-electron chi connectivity index (χ0n) is 15.6. The van der Waals surface area contributed by atoms with Crippen LogP contribution in [-0.2, 0) is 10.0 Å². The van der Waals surface area contributed by atoms with Crippen molar-refractivity contribution in [3.05, 3.63) is 93.7 Å². The van der Waals surface area contributed by atoms with Gasteiger partial charge in [0, 0.05) is 5.02 Å². The van der Waals surface area contributed by atoms with E-state index < -0.39 is 15.8 Å². The molecule has 1 N–H and O–H groups in total. The lowest BCUT2D eigenvalue weighted by Crippen LogP contribution is -2.22. The van der Waals surface area contributed by atoms with Crippen LogP contribution in [0.3, 0.4) is 0 Å². The maximum atomic E-state index is 14.4. The summed E-state index contributed by atoms with van der Waals surface area (Å²) in [6.45, 7) is 1.65. The molecule has 30 heavy (non-hydrogen) atoms. The van der Waals surface area contributed by atoms with Gasteiger partial charge in [-0.2, -0.15) is 0 Å². The van der Waals surface area contributed by atoms with E-state index in [1.165, 1.54) is 41.0 Å². The minimum absolute atomic E-state index is 0.111. The number of hydrogen-bond acceptors (Lipinski definition) is 4. The van der Waals surface area contributed by atoms with E-state index in [2.05, 4.69) is 9.71 Å². The molecule has 0 fully saturated rings. The Hall–Kier alpha value is -3.23. The molecule has 1 aromatic heterocycles. The van der Waals surface area contributed by atoms with Crippen LogP contribution in [0.1, 0.15) is 5.82 Å². The Balaban J connectivity index is 1.82. The van der Waals surface area contributed by atoms with Crippen molar-refractivity contribution in [3.63, 3.8) is 0 Å². The first-order valence-electron chi connectivity index (χ1n) is 8.83. The van der Waals surface area contributed by atoms with Gasteiger partial charge < -0.3 is 0 Å². The normalized spacial score (nSPS) is 11.6. The number of benzene rings is 3. The summed E-state index contributed by atoms with van der Waals surface area (Å²) in [5, 5.41) is 0.630. The maximum absolute atomic E-state index is 14.4. The van der Waals surface area contributed by atoms with Crippen molar-refractivity contribution >= 4 is 38.2 Å². The van der Waals surface area contributed by atoms with Gasteiger partial charge in [-0.15, -0.1) is 0 Å². The number of para-hydroxylation sites is 1. The summed E-state index contributed by atoms with van der Waals surface area (Å²) in [5.41, 5.74) is 0.182. The number of aromatic nitrogens is 2. The second-order valence-corrected chi connectivity index (χ2v) is 8.66. The van der Waals surface area contributed by atoms with Crippen molar-refractivity contribution < 1.29 is 12.8 Å². The van der Waals surface area contributed by atoms with E-state index in [0.29, 0.717) is 16.7 Å². The van der Waals surface area contributed by atoms with E-state index in [4.69, 9.17) is 11.6 Å². The summed E-state index contributed by atoms with van der Waals surface area (Å²) in [4.78, 5) is 17.3. The van der Waals surface area contributed by atoms with E-state index in [-0.39, 0.29) is 26.9 Å². The monoisotopic (exact) mass is 443 g/mol. The molecule has 9 heteroatoms. The van der Waals surface area contributed by atoms with Crippen molar-refractivity contribution in [3.8, 4) is 5.69 Å². The standard InChI is InChI=1S/C21H15ClFN3O3S/c1-13-24-19-8-3-2-7-17(19)21(27)26(13)15-9-10-18(23)20(12-15)25-30(28,29)16-6-4-5-14(22)11-16/h2-12,25H,1H3. The summed E-state index contributed by atoms with van der Waals surface area (Å²) in [6.07, 6.45) is 0. The number of anilines is 1. The molecule has 1 heterocycles. The molecule has 3 aromatic carbocycles. The molecule has 0 atom stereocenters. The van der Waals surface area contributed by atoms with Crippen LogP contribution in [0.5, 0.6) is 0 Å². The van der Waals surface area contributed by atoms with Gasteiger partial charge in [-0.3, -0.25) is 14.1 Å². The summed E-state index contributed by atoms with van der Waals surface area (Å²) in [6, 6.07) is 16.2. The minimum Gasteiger partial charge on any atom is -0.277 e. The Kier molecular flexibility index (Phi) is 5.05. The Bertz CT molecular complexity index is 1450. The van der Waals surface area contributed by atoms with Gasteiger partial charge >= 0.3 is 0 Å². The van der Waals surface area contributed by atoms with Crippen LogP contribution in [0.15, 0.2) is 76.4 Å². The van der Waals surface area contributed by atoms with Gasteiger partial charge in [0.1, 0.15) is 11.6 Å². The number of rotatable bonds is 4. The Morgan fingerprint density at radius 2 is 1.80 bits per heavy atom. The van der Waals surface area contributed by atoms with Gasteiger partial charge in [-0.25, -0.2) is 17.8 Å². The molecule has 0 saturated carbocycles. The molecular weight excluding hydrogens is 429 g/mol. The average Bonchev–Trinajstić information content (AvgIpc) is 2.70. The fourth-order valence-electron chi connectivity index (χ4n) is 3.12. The highest BCUT2D eigenvalue weighted by atomic mass is 35.5. The van der Waals surface area contributed by atoms with Gasteiger partial charge in [0.2, 0.25) is 0 Å². The first-order valence-corrected chi connectivity index (χ1v) is 10.7. The van der Waals surface area contributed by atoms with E-state index in [1.54, 1.807) is 31.2 Å². The summed E-state index contributed by atoms with van der Waals surface area (Å²) in [5.74, 6) is -0.405. The predicted octanol–water partition coefficient (Wildman–Crippen LogP) is 4.29. The van der Waals surface area contributed by atoms with Crippen LogP contribution in [0.2, 0.25) is 5.02 Å². The third-order valence-electron chi connectivity index (χ3n) is 4.50. The fraction of sp³-hybridized carbons (Fsp3) is 0.0476. The van der Waals surface area contributed by atoms with Crippen molar-refractivity contribution in [2.24, 2.45) is 0 Å². The highest BCUT2D eigenvalue weighted by Crippen LogP contribution is 2.24. The highest BCUT2D eigenvalue weighted by molar-refractivity contribution is 7.92. The Morgan fingerprint density at radius 3 is 2.57 bits per heavy atom. The molecule has 0 saturated heterocycles. The molecule has 0 bridgehead atoms. The van der Waals surface area contributed by atoms with Crippen LogP contribution in [0.4, 0.5) is 10.1 Å². The largest absolute Gasteiger partial charge is 0.277 e. The lowest BCUT2D eigenvalue weighted by molar-refractivity contribution is 0.598. The van der Waals surface area contributed by atoms with Gasteiger partial charge in [-0.1, -0.05) is 29.8 Å². The maximum Gasteiger partial charge on any atom is 0.265 e. The minimum atomic E-state index is -4.09. The molecule has 152 valence electrons. The predicted molar refractivity (Wildman–Crippen MR) is 114 cm³/mol. The molecule has 0 radical (unpaired) electrons. The molecule has 0 unspecified atom stereocenters. The van der Waals surface area contributed by atoms with E-state index in [1.807, 2.05) is 0 Å². The number of sulfonamides is 1. The molecule has 4 rings (SSSR count). The number of nitrogens with one attached hydrogen (secondary N) is 1. The Labute approximate surface area is 176 Å². The lowest BCUT2D eigenvalue weighted by atomic mass is 10.2. The third-order valence-corrected chi connectivity index (χ3v) is 6.10. The summed E-state index contributed by atoms with van der Waals surface area (Å²) >= 11 is 5.86. The van der Waals surface area contributed by atoms with Gasteiger partial charge in [0.05, 0.1) is 27.2 Å². The molecule has 0 aliphatic carbocycles. The topological polar surface area (TPSA) is 81.1 Å². The third kappa shape index (κ3) is 3.67. The van der Waals surface area contributed by atoms with E-state index >= 15 is 0 Å². The van der Waals surface area contributed by atoms with E-state index in [9.17, 15) is 17.6 Å². The first-order chi connectivity index (χ1) is 14.3. The number of nitrogens with zero attached hydrogens (tertiary/aromatic N) is 2. The van der Waals surface area contributed by atoms with Gasteiger partial charge in [-0.05, 0) is 55.5 Å². The fourth-order valence-corrected chi connectivity index (χ4v) is 4.47. The molecule has 6 nitrogen and oxygen atoms in total. The van der Waals surface area contributed by atoms with Crippen LogP contribution in [0, 0.1) is 12.7 Å². The first kappa shape index (κ1) is 20.1. The zero-order valence-corrected chi connectivity index (χ0v) is 17.2. The van der Waals surface area contributed by atoms with Crippen LogP contribution < -0.4 is 10.3 Å². The Morgan fingerprint density at radius 1 is 1.03 bits per heavy atom. The molecular formula is C21H15ClFN3O3S. The van der Waals surface area contributed by atoms with E-state index in [0.717, 1.165) is 6.07 Å². The second-order valence-electron chi connectivity index (χ2n) is 6.54. The molecule has 4 aromatic rings. The smallest absolute Gasteiger partial charge is 0.265 e. The number of halogens is 2. The SMILES string of the molecule is Cc1nc2ccccc2c(=O)n1-c1ccc(F)c(NS(=O)(=O)c2cccc(Cl)c2)c1. The van der Waals surface area contributed by atoms with Crippen molar-refractivity contribution in [1.82, 2.24) is 9.55 Å². The van der Waals surface area contributed by atoms with Gasteiger partial charge in [0.25, 0.3) is 15.6 Å². The lowest BCUT2D eigenvalue weighted by Gasteiger charge is -2.14. The molecule has 0 aliphatic rings. The van der Waals surface area contributed by atoms with Crippen LogP contribution in [-0.4, -0.2) is 18.0 Å². The van der Waals surface area contributed by atoms with Gasteiger partial charge in [0.15, 0.2) is 0 Å². The van der Waals surface area contributed by atoms with Crippen LogP contribution in [0.25, 0.3) is 16.6 Å². The van der Waals surface area contributed by atoms with Crippen molar-refractivity contribution in [1.29, 1.82) is 0 Å². The molecule has 0 spiro atoms.